The highest BCUT2D eigenvalue weighted by Crippen LogP contribution is 2.60. The van der Waals surface area contributed by atoms with Crippen molar-refractivity contribution < 1.29 is 47.9 Å². The van der Waals surface area contributed by atoms with Gasteiger partial charge in [0.25, 0.3) is 0 Å². The molecule has 1 aliphatic rings. The molecule has 0 bridgehead atoms. The number of phosphoric ester groups is 1. The van der Waals surface area contributed by atoms with Crippen LogP contribution in [0.15, 0.2) is 17.1 Å². The first-order chi connectivity index (χ1) is 13.5. The second-order valence-electron chi connectivity index (χ2n) is 6.06. The maximum absolute atomic E-state index is 11.9. The minimum absolute atomic E-state index is 0.0347. The number of aromatic nitrogens is 2. The van der Waals surface area contributed by atoms with Crippen molar-refractivity contribution in [1.82, 2.24) is 15.0 Å². The van der Waals surface area contributed by atoms with E-state index in [0.717, 1.165) is 4.57 Å². The Morgan fingerprint density at radius 3 is 2.62 bits per heavy atom. The van der Waals surface area contributed by atoms with E-state index in [1.807, 2.05) is 0 Å². The number of nitrogens with zero attached hydrogens (tertiary/aromatic N) is 2. The molecule has 1 fully saturated rings. The van der Waals surface area contributed by atoms with Crippen LogP contribution in [-0.2, 0) is 22.7 Å². The molecule has 6 atom stereocenters. The molecule has 0 saturated carbocycles. The molecule has 1 saturated heterocycles. The van der Waals surface area contributed by atoms with Crippen molar-refractivity contribution in [2.45, 2.75) is 31.0 Å². The zero-order valence-electron chi connectivity index (χ0n) is 14.8. The van der Waals surface area contributed by atoms with Crippen LogP contribution in [0.5, 0.6) is 0 Å². The molecule has 15 nitrogen and oxygen atoms in total. The molecule has 1 aliphatic heterocycles. The molecule has 0 spiro atoms. The lowest BCUT2D eigenvalue weighted by molar-refractivity contribution is -0.0540. The topological polar surface area (TPSA) is 236 Å². The summed E-state index contributed by atoms with van der Waals surface area (Å²) in [7, 11) is -9.55. The summed E-state index contributed by atoms with van der Waals surface area (Å²) >= 11 is 0. The summed E-state index contributed by atoms with van der Waals surface area (Å²) in [5, 5.41) is 28.5. The van der Waals surface area contributed by atoms with Gasteiger partial charge >= 0.3 is 21.1 Å². The monoisotopic (exact) mass is 460 g/mol. The number of nitrogen functional groups attached to an aromatic ring is 1. The van der Waals surface area contributed by atoms with Crippen LogP contribution in [0.4, 0.5) is 5.82 Å². The molecular formula is C12H22N4O11P2. The standard InChI is InChI=1S/C12H22N4O11P2/c13-8-2-4-16(12(19)15-8)11-10(18)9(17)7(26-11)6-25-29(23,24)27-28(21,22)5-1-3-14-20/h2,4,7,9-11,14,17-18,20H,1,3,5-6H2,(H,21,22)(H,23,24)(H2,13,15,19)/t7-,9-,10-,11-/m1/s1. The van der Waals surface area contributed by atoms with Gasteiger partial charge in [0, 0.05) is 12.7 Å². The fourth-order valence-electron chi connectivity index (χ4n) is 2.47. The first kappa shape index (κ1) is 24.1. The molecule has 0 aromatic carbocycles. The Hall–Kier alpha value is -1.22. The van der Waals surface area contributed by atoms with Gasteiger partial charge in [-0.3, -0.25) is 13.7 Å². The maximum Gasteiger partial charge on any atom is 0.479 e. The van der Waals surface area contributed by atoms with Gasteiger partial charge in [0.05, 0.1) is 12.8 Å². The zero-order chi connectivity index (χ0) is 21.8. The molecule has 1 aromatic rings. The Morgan fingerprint density at radius 1 is 1.31 bits per heavy atom. The summed E-state index contributed by atoms with van der Waals surface area (Å²) in [6.45, 7) is -0.858. The molecule has 2 unspecified atom stereocenters. The summed E-state index contributed by atoms with van der Waals surface area (Å²) in [5.74, 6) is -0.0688. The largest absolute Gasteiger partial charge is 0.479 e. The number of anilines is 1. The molecule has 17 heteroatoms. The molecule has 0 amide bonds. The molecule has 8 N–H and O–H groups in total. The average Bonchev–Trinajstić information content (AvgIpc) is 2.87. The smallest absolute Gasteiger partial charge is 0.387 e. The van der Waals surface area contributed by atoms with E-state index in [0.29, 0.717) is 0 Å². The quantitative estimate of drug-likeness (QED) is 0.115. The van der Waals surface area contributed by atoms with Crippen molar-refractivity contribution in [3.63, 3.8) is 0 Å². The zero-order valence-corrected chi connectivity index (χ0v) is 16.6. The first-order valence-corrected chi connectivity index (χ1v) is 11.5. The highest BCUT2D eigenvalue weighted by molar-refractivity contribution is 7.64. The van der Waals surface area contributed by atoms with Gasteiger partial charge in [0.2, 0.25) is 0 Å². The molecule has 2 rings (SSSR count). The van der Waals surface area contributed by atoms with Crippen molar-refractivity contribution in [2.75, 3.05) is 25.0 Å². The number of rotatable bonds is 10. The lowest BCUT2D eigenvalue weighted by atomic mass is 10.1. The van der Waals surface area contributed by atoms with Gasteiger partial charge < -0.3 is 35.7 Å². The Morgan fingerprint density at radius 2 is 2.00 bits per heavy atom. The van der Waals surface area contributed by atoms with E-state index in [1.54, 1.807) is 5.48 Å². The number of phosphoric acid groups is 1. The third-order valence-corrected chi connectivity index (χ3v) is 7.03. The van der Waals surface area contributed by atoms with Crippen LogP contribution in [0.25, 0.3) is 0 Å². The molecule has 29 heavy (non-hydrogen) atoms. The normalized spacial score (nSPS) is 28.7. The number of hydrogen-bond acceptors (Lipinski definition) is 12. The van der Waals surface area contributed by atoms with E-state index < -0.39 is 58.4 Å². The van der Waals surface area contributed by atoms with Crippen LogP contribution in [0.1, 0.15) is 12.6 Å². The van der Waals surface area contributed by atoms with Crippen LogP contribution in [0.2, 0.25) is 0 Å². The van der Waals surface area contributed by atoms with Gasteiger partial charge in [-0.15, -0.1) is 0 Å². The Bertz CT molecular complexity index is 851. The van der Waals surface area contributed by atoms with Gasteiger partial charge in [-0.2, -0.15) is 4.98 Å². The minimum Gasteiger partial charge on any atom is -0.387 e. The second kappa shape index (κ2) is 9.73. The maximum atomic E-state index is 11.9. The van der Waals surface area contributed by atoms with E-state index in [1.165, 1.54) is 12.3 Å². The van der Waals surface area contributed by atoms with Crippen molar-refractivity contribution in [3.05, 3.63) is 22.7 Å². The average molecular weight is 460 g/mol. The van der Waals surface area contributed by atoms with Crippen molar-refractivity contribution >= 4 is 21.2 Å². The van der Waals surface area contributed by atoms with Gasteiger partial charge in [0.15, 0.2) is 6.23 Å². The van der Waals surface area contributed by atoms with Crippen LogP contribution in [0.3, 0.4) is 0 Å². The number of nitrogens with two attached hydrogens (primary N) is 1. The number of aliphatic hydroxyl groups is 2. The molecule has 0 radical (unpaired) electrons. The lowest BCUT2D eigenvalue weighted by Crippen LogP contribution is -2.36. The predicted molar refractivity (Wildman–Crippen MR) is 94.8 cm³/mol. The fraction of sp³-hybridized carbons (Fsp3) is 0.667. The summed E-state index contributed by atoms with van der Waals surface area (Å²) in [4.78, 5) is 34.5. The molecular weight excluding hydrogens is 438 g/mol. The van der Waals surface area contributed by atoms with E-state index >= 15 is 0 Å². The molecule has 2 heterocycles. The lowest BCUT2D eigenvalue weighted by Gasteiger charge is -2.19. The Balaban J connectivity index is 1.98. The number of hydroxylamine groups is 1. The van der Waals surface area contributed by atoms with Crippen molar-refractivity contribution in [2.24, 2.45) is 0 Å². The highest BCUT2D eigenvalue weighted by Gasteiger charge is 2.45. The van der Waals surface area contributed by atoms with E-state index in [4.69, 9.17) is 15.7 Å². The number of ether oxygens (including phenoxy) is 1. The molecule has 166 valence electrons. The van der Waals surface area contributed by atoms with Crippen molar-refractivity contribution in [1.29, 1.82) is 0 Å². The SMILES string of the molecule is Nc1ccn([C@@H]2O[C@H](COP(=O)(O)OP(=O)(O)CCCNO)[C@@H](O)[C@H]2O)c(=O)n1. The second-order valence-corrected chi connectivity index (χ2v) is 9.63. The Kier molecular flexibility index (Phi) is 8.07. The van der Waals surface area contributed by atoms with Gasteiger partial charge in [0.1, 0.15) is 24.1 Å². The van der Waals surface area contributed by atoms with Crippen LogP contribution in [-0.4, -0.2) is 72.4 Å². The van der Waals surface area contributed by atoms with E-state index in [9.17, 15) is 33.9 Å². The minimum atomic E-state index is -5.04. The summed E-state index contributed by atoms with van der Waals surface area (Å²) < 4.78 is 38.6. The van der Waals surface area contributed by atoms with E-state index in [2.05, 4.69) is 13.8 Å². The molecule has 1 aromatic heterocycles. The van der Waals surface area contributed by atoms with Crippen molar-refractivity contribution in [3.8, 4) is 0 Å². The van der Waals surface area contributed by atoms with Crippen LogP contribution in [0, 0.1) is 0 Å². The molecule has 0 aliphatic carbocycles. The third kappa shape index (κ3) is 6.64. The van der Waals surface area contributed by atoms with E-state index in [-0.39, 0.29) is 18.8 Å². The Labute approximate surface area is 163 Å². The number of aliphatic hydroxyl groups excluding tert-OH is 2. The van der Waals surface area contributed by atoms with Gasteiger partial charge in [-0.1, -0.05) is 0 Å². The van der Waals surface area contributed by atoms with Gasteiger partial charge in [-0.05, 0) is 12.5 Å². The predicted octanol–water partition coefficient (Wildman–Crippen LogP) is -1.87. The van der Waals surface area contributed by atoms with Crippen LogP contribution >= 0.6 is 15.4 Å². The first-order valence-electron chi connectivity index (χ1n) is 8.19. The summed E-state index contributed by atoms with van der Waals surface area (Å²) in [6, 6.07) is 1.26. The summed E-state index contributed by atoms with van der Waals surface area (Å²) in [6.07, 6.45) is -5.38. The number of nitrogens with one attached hydrogen (secondary N) is 1. The third-order valence-electron chi connectivity index (χ3n) is 3.82. The van der Waals surface area contributed by atoms with Gasteiger partial charge in [-0.25, -0.2) is 19.2 Å². The number of hydrogen-bond donors (Lipinski definition) is 7. The fourth-order valence-corrected chi connectivity index (χ4v) is 5.17. The highest BCUT2D eigenvalue weighted by atomic mass is 31.3. The summed E-state index contributed by atoms with van der Waals surface area (Å²) in [5.41, 5.74) is 6.25. The van der Waals surface area contributed by atoms with Crippen LogP contribution < -0.4 is 16.9 Å².